The van der Waals surface area contributed by atoms with E-state index in [2.05, 4.69) is 33.1 Å². The van der Waals surface area contributed by atoms with Gasteiger partial charge in [-0.25, -0.2) is 4.98 Å². The molecule has 158 valence electrons. The van der Waals surface area contributed by atoms with Crippen LogP contribution >= 0.6 is 11.3 Å². The zero-order valence-corrected chi connectivity index (χ0v) is 18.5. The third-order valence-electron chi connectivity index (χ3n) is 6.03. The number of rotatable bonds is 8. The first-order valence-electron chi connectivity index (χ1n) is 10.9. The Labute approximate surface area is 182 Å². The number of carbonyl (C=O) groups is 1. The third-order valence-corrected chi connectivity index (χ3v) is 7.12. The zero-order chi connectivity index (χ0) is 20.8. The lowest BCUT2D eigenvalue weighted by molar-refractivity contribution is -0.132. The van der Waals surface area contributed by atoms with E-state index in [1.165, 1.54) is 4.70 Å². The van der Waals surface area contributed by atoms with Gasteiger partial charge in [0.05, 0.1) is 15.2 Å². The molecule has 3 heterocycles. The predicted octanol–water partition coefficient (Wildman–Crippen LogP) is 4.18. The molecule has 1 aromatic carbocycles. The fourth-order valence-corrected chi connectivity index (χ4v) is 5.16. The van der Waals surface area contributed by atoms with Crippen LogP contribution in [-0.2, 0) is 17.6 Å². The van der Waals surface area contributed by atoms with Gasteiger partial charge >= 0.3 is 0 Å². The molecule has 1 aliphatic heterocycles. The minimum absolute atomic E-state index is 0.267. The molecular formula is C24H30N4OS. The van der Waals surface area contributed by atoms with Gasteiger partial charge in [0.25, 0.3) is 0 Å². The van der Waals surface area contributed by atoms with E-state index < -0.39 is 0 Å². The maximum Gasteiger partial charge on any atom is 0.222 e. The zero-order valence-electron chi connectivity index (χ0n) is 17.7. The van der Waals surface area contributed by atoms with Crippen molar-refractivity contribution in [2.24, 2.45) is 0 Å². The number of nitrogens with zero attached hydrogens (tertiary/aromatic N) is 4. The van der Waals surface area contributed by atoms with Crippen LogP contribution in [0, 0.1) is 0 Å². The summed E-state index contributed by atoms with van der Waals surface area (Å²) < 4.78 is 1.23. The second-order valence-corrected chi connectivity index (χ2v) is 9.19. The minimum Gasteiger partial charge on any atom is -0.343 e. The maximum absolute atomic E-state index is 12.7. The second kappa shape index (κ2) is 10.1. The summed E-state index contributed by atoms with van der Waals surface area (Å²) in [7, 11) is 1.98. The molecule has 0 spiro atoms. The van der Waals surface area contributed by atoms with E-state index in [-0.39, 0.29) is 5.91 Å². The predicted molar refractivity (Wildman–Crippen MR) is 123 cm³/mol. The molecule has 0 radical (unpaired) electrons. The number of hydrogen-bond acceptors (Lipinski definition) is 5. The number of amides is 1. The molecule has 1 aliphatic rings. The summed E-state index contributed by atoms with van der Waals surface area (Å²) in [6.07, 6.45) is 7.32. The van der Waals surface area contributed by atoms with E-state index in [1.54, 1.807) is 11.3 Å². The molecule has 2 aromatic heterocycles. The van der Waals surface area contributed by atoms with Crippen molar-refractivity contribution >= 4 is 27.5 Å². The monoisotopic (exact) mass is 422 g/mol. The summed E-state index contributed by atoms with van der Waals surface area (Å²) in [6.45, 7) is 3.16. The first kappa shape index (κ1) is 20.9. The van der Waals surface area contributed by atoms with Crippen molar-refractivity contribution < 1.29 is 4.79 Å². The molecule has 1 fully saturated rings. The molecule has 6 heteroatoms. The Morgan fingerprint density at radius 3 is 2.70 bits per heavy atom. The lowest BCUT2D eigenvalue weighted by Crippen LogP contribution is -2.46. The van der Waals surface area contributed by atoms with Crippen LogP contribution in [0.25, 0.3) is 10.2 Å². The number of aromatic nitrogens is 2. The minimum atomic E-state index is 0.267. The summed E-state index contributed by atoms with van der Waals surface area (Å²) in [5, 5.41) is 1.13. The Morgan fingerprint density at radius 2 is 1.93 bits per heavy atom. The highest BCUT2D eigenvalue weighted by Gasteiger charge is 2.25. The third kappa shape index (κ3) is 5.43. The number of fused-ring (bicyclic) bond motifs is 1. The summed E-state index contributed by atoms with van der Waals surface area (Å²) in [5.41, 5.74) is 2.22. The number of piperidine rings is 1. The first-order valence-corrected chi connectivity index (χ1v) is 11.7. The van der Waals surface area contributed by atoms with Crippen LogP contribution in [0.2, 0.25) is 0 Å². The lowest BCUT2D eigenvalue weighted by atomic mass is 10.0. The Bertz CT molecular complexity index is 917. The number of para-hydroxylation sites is 1. The summed E-state index contributed by atoms with van der Waals surface area (Å²) in [4.78, 5) is 26.3. The number of hydrogen-bond donors (Lipinski definition) is 0. The van der Waals surface area contributed by atoms with E-state index in [0.717, 1.165) is 68.0 Å². The average Bonchev–Trinajstić information content (AvgIpc) is 3.21. The topological polar surface area (TPSA) is 49.3 Å². The quantitative estimate of drug-likeness (QED) is 0.546. The maximum atomic E-state index is 12.7. The van der Waals surface area contributed by atoms with E-state index >= 15 is 0 Å². The highest BCUT2D eigenvalue weighted by Crippen LogP contribution is 2.23. The molecule has 0 aliphatic carbocycles. The van der Waals surface area contributed by atoms with Crippen LogP contribution in [0.3, 0.4) is 0 Å². The number of benzene rings is 1. The molecule has 1 saturated heterocycles. The molecule has 0 atom stereocenters. The van der Waals surface area contributed by atoms with Crippen LogP contribution in [0.5, 0.6) is 0 Å². The number of pyridine rings is 1. The van der Waals surface area contributed by atoms with Gasteiger partial charge in [0, 0.05) is 57.5 Å². The number of thiazole rings is 1. The van der Waals surface area contributed by atoms with E-state index in [0.29, 0.717) is 12.5 Å². The molecule has 0 bridgehead atoms. The van der Waals surface area contributed by atoms with Gasteiger partial charge < -0.3 is 9.80 Å². The van der Waals surface area contributed by atoms with E-state index in [4.69, 9.17) is 0 Å². The Hall–Kier alpha value is -2.31. The Morgan fingerprint density at radius 1 is 1.13 bits per heavy atom. The van der Waals surface area contributed by atoms with Crippen molar-refractivity contribution in [3.05, 3.63) is 59.4 Å². The smallest absolute Gasteiger partial charge is 0.222 e. The Kier molecular flexibility index (Phi) is 7.07. The van der Waals surface area contributed by atoms with Gasteiger partial charge in [-0.15, -0.1) is 11.3 Å². The normalized spacial score (nSPS) is 15.5. The summed E-state index contributed by atoms with van der Waals surface area (Å²) in [5.74, 6) is 0.267. The highest BCUT2D eigenvalue weighted by molar-refractivity contribution is 7.18. The van der Waals surface area contributed by atoms with E-state index in [9.17, 15) is 4.79 Å². The van der Waals surface area contributed by atoms with Crippen molar-refractivity contribution in [1.82, 2.24) is 19.8 Å². The van der Waals surface area contributed by atoms with Gasteiger partial charge in [0.2, 0.25) is 5.91 Å². The van der Waals surface area contributed by atoms with Gasteiger partial charge in [0.1, 0.15) is 0 Å². The van der Waals surface area contributed by atoms with Gasteiger partial charge in [0.15, 0.2) is 0 Å². The van der Waals surface area contributed by atoms with Crippen LogP contribution in [-0.4, -0.2) is 58.4 Å². The van der Waals surface area contributed by atoms with Crippen molar-refractivity contribution in [1.29, 1.82) is 0 Å². The summed E-state index contributed by atoms with van der Waals surface area (Å²) >= 11 is 1.74. The molecule has 1 amide bonds. The van der Waals surface area contributed by atoms with E-state index in [1.807, 2.05) is 42.4 Å². The molecule has 4 rings (SSSR count). The molecule has 0 saturated carbocycles. The Balaban J connectivity index is 1.17. The SMILES string of the molecule is CN(C(=O)CCCc1nc2ccccc2s1)C1CCN(CCc2ccccn2)CC1. The fourth-order valence-electron chi connectivity index (χ4n) is 4.15. The van der Waals surface area contributed by atoms with Gasteiger partial charge in [-0.05, 0) is 49.9 Å². The second-order valence-electron chi connectivity index (χ2n) is 8.08. The van der Waals surface area contributed by atoms with Crippen molar-refractivity contribution in [3.63, 3.8) is 0 Å². The van der Waals surface area contributed by atoms with Crippen LogP contribution in [0.15, 0.2) is 48.7 Å². The van der Waals surface area contributed by atoms with Crippen molar-refractivity contribution in [2.45, 2.75) is 44.6 Å². The standard InChI is InChI=1S/C24H30N4OS/c1-27(20-13-17-28(18-14-20)16-12-19-7-4-5-15-25-19)24(29)11-6-10-23-26-21-8-2-3-9-22(21)30-23/h2-5,7-9,15,20H,6,10-14,16-18H2,1H3. The number of likely N-dealkylation sites (tertiary alicyclic amines) is 1. The van der Waals surface area contributed by atoms with Crippen molar-refractivity contribution in [2.75, 3.05) is 26.7 Å². The number of carbonyl (C=O) groups excluding carboxylic acids is 1. The van der Waals surface area contributed by atoms with Gasteiger partial charge in [-0.3, -0.25) is 9.78 Å². The molecule has 30 heavy (non-hydrogen) atoms. The lowest BCUT2D eigenvalue weighted by Gasteiger charge is -2.36. The van der Waals surface area contributed by atoms with Crippen molar-refractivity contribution in [3.8, 4) is 0 Å². The molecule has 3 aromatic rings. The highest BCUT2D eigenvalue weighted by atomic mass is 32.1. The van der Waals surface area contributed by atoms with Gasteiger partial charge in [-0.2, -0.15) is 0 Å². The van der Waals surface area contributed by atoms with Gasteiger partial charge in [-0.1, -0.05) is 18.2 Å². The largest absolute Gasteiger partial charge is 0.343 e. The molecule has 0 N–H and O–H groups in total. The fraction of sp³-hybridized carbons (Fsp3) is 0.458. The van der Waals surface area contributed by atoms with Crippen LogP contribution in [0.1, 0.15) is 36.4 Å². The number of aryl methyl sites for hydroxylation is 1. The molecule has 5 nitrogen and oxygen atoms in total. The van der Waals surface area contributed by atoms with Crippen LogP contribution in [0.4, 0.5) is 0 Å². The first-order chi connectivity index (χ1) is 14.7. The molecular weight excluding hydrogens is 392 g/mol. The average molecular weight is 423 g/mol. The summed E-state index contributed by atoms with van der Waals surface area (Å²) in [6, 6.07) is 14.7. The van der Waals surface area contributed by atoms with Crippen LogP contribution < -0.4 is 0 Å². The molecule has 0 unspecified atom stereocenters.